The van der Waals surface area contributed by atoms with Crippen LogP contribution in [0.5, 0.6) is 5.75 Å². The lowest BCUT2D eigenvalue weighted by Gasteiger charge is -2.20. The zero-order valence-electron chi connectivity index (χ0n) is 19.1. The van der Waals surface area contributed by atoms with E-state index in [1.165, 1.54) is 18.3 Å². The molecular weight excluding hydrogens is 487 g/mol. The number of nitrogens with zero attached hydrogens (tertiary/aromatic N) is 4. The van der Waals surface area contributed by atoms with Gasteiger partial charge in [0, 0.05) is 42.1 Å². The van der Waals surface area contributed by atoms with Crippen LogP contribution in [-0.4, -0.2) is 23.4 Å². The van der Waals surface area contributed by atoms with Crippen LogP contribution in [0.3, 0.4) is 0 Å². The van der Waals surface area contributed by atoms with E-state index >= 15 is 0 Å². The van der Waals surface area contributed by atoms with Crippen molar-refractivity contribution in [1.82, 2.24) is 9.97 Å². The topological polar surface area (TPSA) is 88.1 Å². The Balaban J connectivity index is 0.000000338. The summed E-state index contributed by atoms with van der Waals surface area (Å²) in [6.07, 6.45) is -1.57. The first kappa shape index (κ1) is 26.4. The molecule has 4 rings (SSSR count). The van der Waals surface area contributed by atoms with Crippen LogP contribution in [-0.2, 0) is 6.54 Å². The molecule has 0 aliphatic carbocycles. The Morgan fingerprint density at radius 3 is 2.11 bits per heavy atom. The molecule has 3 aromatic carbocycles. The highest BCUT2D eigenvalue weighted by Gasteiger charge is 2.31. The minimum atomic E-state index is -4.69. The molecule has 0 atom stereocenters. The number of anilines is 2. The van der Waals surface area contributed by atoms with E-state index in [1.807, 2.05) is 42.3 Å². The highest BCUT2D eigenvalue weighted by atomic mass is 32.1. The van der Waals surface area contributed by atoms with Gasteiger partial charge in [0.15, 0.2) is 0 Å². The van der Waals surface area contributed by atoms with Crippen molar-refractivity contribution in [3.8, 4) is 23.1 Å². The van der Waals surface area contributed by atoms with Gasteiger partial charge >= 0.3 is 6.36 Å². The number of nitrogens with two attached hydrogens (primary N) is 1. The van der Waals surface area contributed by atoms with Gasteiger partial charge in [-0.05, 0) is 54.1 Å². The second kappa shape index (κ2) is 12.0. The molecule has 0 unspecified atom stereocenters. The molecule has 0 saturated heterocycles. The number of thiol groups is 1. The van der Waals surface area contributed by atoms with E-state index in [2.05, 4.69) is 27.3 Å². The van der Waals surface area contributed by atoms with Crippen LogP contribution < -0.4 is 15.4 Å². The van der Waals surface area contributed by atoms with Crippen LogP contribution in [0.15, 0.2) is 90.1 Å². The number of rotatable bonds is 5. The van der Waals surface area contributed by atoms with Gasteiger partial charge < -0.3 is 15.4 Å². The maximum absolute atomic E-state index is 12.2. The minimum Gasteiger partial charge on any atom is -0.406 e. The van der Waals surface area contributed by atoms with Gasteiger partial charge in [0.05, 0.1) is 11.6 Å². The maximum Gasteiger partial charge on any atom is 0.573 e. The zero-order valence-corrected chi connectivity index (χ0v) is 20.0. The molecule has 0 aliphatic heterocycles. The molecule has 36 heavy (non-hydrogen) atoms. The van der Waals surface area contributed by atoms with Crippen molar-refractivity contribution in [3.63, 3.8) is 0 Å². The van der Waals surface area contributed by atoms with Crippen molar-refractivity contribution >= 4 is 24.1 Å². The number of halogens is 3. The van der Waals surface area contributed by atoms with Crippen LogP contribution in [0.4, 0.5) is 24.7 Å². The normalized spacial score (nSPS) is 10.6. The fourth-order valence-electron chi connectivity index (χ4n) is 3.14. The third-order valence-electron chi connectivity index (χ3n) is 4.88. The van der Waals surface area contributed by atoms with Crippen LogP contribution in [0.2, 0.25) is 0 Å². The molecule has 0 spiro atoms. The third-order valence-corrected chi connectivity index (χ3v) is 5.18. The molecular formula is C26H22F3N5OS. The summed E-state index contributed by atoms with van der Waals surface area (Å²) in [7, 11) is 1.86. The number of benzene rings is 3. The van der Waals surface area contributed by atoms with Gasteiger partial charge in [0.1, 0.15) is 17.3 Å². The molecule has 0 fully saturated rings. The first-order chi connectivity index (χ1) is 17.1. The number of nitriles is 1. The summed E-state index contributed by atoms with van der Waals surface area (Å²) in [5.41, 5.74) is 9.79. The van der Waals surface area contributed by atoms with Crippen molar-refractivity contribution in [3.05, 3.63) is 96.3 Å². The van der Waals surface area contributed by atoms with Crippen LogP contribution in [0.25, 0.3) is 11.3 Å². The first-order valence-electron chi connectivity index (χ1n) is 10.6. The van der Waals surface area contributed by atoms with E-state index in [-0.39, 0.29) is 5.75 Å². The van der Waals surface area contributed by atoms with Gasteiger partial charge in [-0.15, -0.1) is 25.8 Å². The average Bonchev–Trinajstić information content (AvgIpc) is 2.85. The van der Waals surface area contributed by atoms with Gasteiger partial charge in [-0.25, -0.2) is 4.98 Å². The number of aromatic nitrogens is 2. The summed E-state index contributed by atoms with van der Waals surface area (Å²) in [5, 5.41) is 8.35. The molecule has 184 valence electrons. The Bertz CT molecular complexity index is 1310. The van der Waals surface area contributed by atoms with E-state index < -0.39 is 6.36 Å². The lowest BCUT2D eigenvalue weighted by Crippen LogP contribution is -2.18. The Hall–Kier alpha value is -4.23. The molecule has 6 nitrogen and oxygen atoms in total. The Labute approximate surface area is 212 Å². The van der Waals surface area contributed by atoms with Crippen LogP contribution in [0, 0.1) is 11.3 Å². The molecule has 2 N–H and O–H groups in total. The summed E-state index contributed by atoms with van der Waals surface area (Å²) >= 11 is 4.06. The lowest BCUT2D eigenvalue weighted by atomic mass is 10.1. The smallest absolute Gasteiger partial charge is 0.406 e. The highest BCUT2D eigenvalue weighted by Crippen LogP contribution is 2.26. The van der Waals surface area contributed by atoms with Crippen LogP contribution in [0.1, 0.15) is 11.1 Å². The number of hydrogen-bond donors (Lipinski definition) is 2. The largest absolute Gasteiger partial charge is 0.573 e. The van der Waals surface area contributed by atoms with Crippen LogP contribution >= 0.6 is 12.6 Å². The van der Waals surface area contributed by atoms with Gasteiger partial charge in [-0.1, -0.05) is 24.3 Å². The van der Waals surface area contributed by atoms with Crippen molar-refractivity contribution in [2.75, 3.05) is 17.7 Å². The predicted molar refractivity (Wildman–Crippen MR) is 136 cm³/mol. The van der Waals surface area contributed by atoms with E-state index in [4.69, 9.17) is 11.0 Å². The van der Waals surface area contributed by atoms with Gasteiger partial charge in [0.2, 0.25) is 0 Å². The molecule has 1 heterocycles. The Morgan fingerprint density at radius 2 is 1.56 bits per heavy atom. The number of hydrogen-bond acceptors (Lipinski definition) is 7. The minimum absolute atomic E-state index is 0.245. The second-order valence-electron chi connectivity index (χ2n) is 7.54. The molecule has 0 aliphatic rings. The van der Waals surface area contributed by atoms with Crippen molar-refractivity contribution < 1.29 is 17.9 Å². The Kier molecular flexibility index (Phi) is 8.76. The highest BCUT2D eigenvalue weighted by molar-refractivity contribution is 7.80. The molecule has 1 aromatic heterocycles. The summed E-state index contributed by atoms with van der Waals surface area (Å²) < 4.78 is 40.5. The first-order valence-corrected chi connectivity index (χ1v) is 11.0. The van der Waals surface area contributed by atoms with E-state index in [9.17, 15) is 13.2 Å². The SMILES string of the molecule is CN(Cc1ccc(-c2nccnc2N)cc1)c1ccc(OC(F)(F)F)cc1.N#Cc1ccc(S)cc1. The van der Waals surface area contributed by atoms with E-state index in [1.54, 1.807) is 42.6 Å². The zero-order chi connectivity index (χ0) is 26.1. The molecule has 0 bridgehead atoms. The monoisotopic (exact) mass is 509 g/mol. The van der Waals surface area contributed by atoms with Crippen molar-refractivity contribution in [2.45, 2.75) is 17.8 Å². The summed E-state index contributed by atoms with van der Waals surface area (Å²) in [4.78, 5) is 11.1. The predicted octanol–water partition coefficient (Wildman–Crippen LogP) is 6.11. The molecule has 4 aromatic rings. The standard InChI is InChI=1S/C19H17F3N4O.C7H5NS/c1-26(15-6-8-16(9-7-15)27-19(20,21)22)12-13-2-4-14(5-3-13)17-18(23)25-11-10-24-17;8-5-6-1-3-7(9)4-2-6/h2-11H,12H2,1H3,(H2,23,25);1-4,9H. The Morgan fingerprint density at radius 1 is 0.944 bits per heavy atom. The number of nitrogen functional groups attached to an aromatic ring is 1. The van der Waals surface area contributed by atoms with Gasteiger partial charge in [-0.2, -0.15) is 5.26 Å². The van der Waals surface area contributed by atoms with Gasteiger partial charge in [0.25, 0.3) is 0 Å². The fraction of sp³-hybridized carbons (Fsp3) is 0.115. The fourth-order valence-corrected chi connectivity index (χ4v) is 3.29. The maximum atomic E-state index is 12.2. The average molecular weight is 510 g/mol. The summed E-state index contributed by atoms with van der Waals surface area (Å²) in [6, 6.07) is 22.5. The third kappa shape index (κ3) is 7.92. The van der Waals surface area contributed by atoms with Crippen molar-refractivity contribution in [2.24, 2.45) is 0 Å². The van der Waals surface area contributed by atoms with Crippen molar-refractivity contribution in [1.29, 1.82) is 5.26 Å². The van der Waals surface area contributed by atoms with E-state index in [0.29, 0.717) is 23.6 Å². The quantitative estimate of drug-likeness (QED) is 0.316. The second-order valence-corrected chi connectivity index (χ2v) is 8.06. The molecule has 0 saturated carbocycles. The molecule has 0 amide bonds. The summed E-state index contributed by atoms with van der Waals surface area (Å²) in [5.74, 6) is 0.120. The summed E-state index contributed by atoms with van der Waals surface area (Å²) in [6.45, 7) is 0.579. The van der Waals surface area contributed by atoms with E-state index in [0.717, 1.165) is 21.7 Å². The number of alkyl halides is 3. The lowest BCUT2D eigenvalue weighted by molar-refractivity contribution is -0.274. The number of ether oxygens (including phenoxy) is 1. The molecule has 10 heteroatoms. The van der Waals surface area contributed by atoms with Gasteiger partial charge in [-0.3, -0.25) is 4.98 Å². The molecule has 0 radical (unpaired) electrons.